The van der Waals surface area contributed by atoms with Gasteiger partial charge in [-0.05, 0) is 23.8 Å². The Kier molecular flexibility index (Phi) is 5.32. The number of nitro benzene ring substituents is 1. The van der Waals surface area contributed by atoms with Crippen molar-refractivity contribution in [3.05, 3.63) is 94.0 Å². The van der Waals surface area contributed by atoms with Gasteiger partial charge >= 0.3 is 11.7 Å². The lowest BCUT2D eigenvalue weighted by atomic mass is 10.2. The molecule has 0 aliphatic heterocycles. The fourth-order valence-corrected chi connectivity index (χ4v) is 2.42. The summed E-state index contributed by atoms with van der Waals surface area (Å²) in [6, 6.07) is 19.4. The summed E-state index contributed by atoms with van der Waals surface area (Å²) in [5.41, 5.74) is 0.659. The molecule has 3 rings (SSSR count). The van der Waals surface area contributed by atoms with Crippen molar-refractivity contribution in [2.24, 2.45) is 0 Å². The third-order valence-corrected chi connectivity index (χ3v) is 3.71. The van der Waals surface area contributed by atoms with E-state index < -0.39 is 10.9 Å². The van der Waals surface area contributed by atoms with Crippen LogP contribution < -0.4 is 9.47 Å². The van der Waals surface area contributed by atoms with Crippen LogP contribution in [-0.2, 0) is 6.61 Å². The summed E-state index contributed by atoms with van der Waals surface area (Å²) >= 11 is 0. The summed E-state index contributed by atoms with van der Waals surface area (Å²) in [6.45, 7) is 0.177. The molecular weight excluding hydrogens is 350 g/mol. The van der Waals surface area contributed by atoms with Crippen LogP contribution in [0.4, 0.5) is 5.69 Å². The first-order valence-corrected chi connectivity index (χ1v) is 8.00. The van der Waals surface area contributed by atoms with Gasteiger partial charge in [-0.15, -0.1) is 0 Å². The molecule has 3 aromatic carbocycles. The standard InChI is InChI=1S/C20H15NO6/c22-20(23)16-11-10-15(27-18-9-5-4-8-17(18)21(24)25)12-19(16)26-13-14-6-2-1-3-7-14/h1-12H,13H2,(H,22,23). The van der Waals surface area contributed by atoms with Crippen molar-refractivity contribution in [2.75, 3.05) is 0 Å². The Morgan fingerprint density at radius 2 is 1.67 bits per heavy atom. The van der Waals surface area contributed by atoms with Crippen LogP contribution >= 0.6 is 0 Å². The van der Waals surface area contributed by atoms with E-state index in [1.54, 1.807) is 6.07 Å². The topological polar surface area (TPSA) is 98.9 Å². The lowest BCUT2D eigenvalue weighted by Crippen LogP contribution is -2.04. The number of carboxylic acids is 1. The Bertz CT molecular complexity index is 971. The Morgan fingerprint density at radius 3 is 2.37 bits per heavy atom. The van der Waals surface area contributed by atoms with E-state index in [1.807, 2.05) is 30.3 Å². The molecule has 0 spiro atoms. The van der Waals surface area contributed by atoms with Gasteiger partial charge in [0.2, 0.25) is 5.75 Å². The third kappa shape index (κ3) is 4.40. The maximum atomic E-state index is 11.4. The molecule has 0 atom stereocenters. The zero-order chi connectivity index (χ0) is 19.2. The summed E-state index contributed by atoms with van der Waals surface area (Å²) in [5.74, 6) is -0.741. The fourth-order valence-electron chi connectivity index (χ4n) is 2.42. The van der Waals surface area contributed by atoms with Gasteiger partial charge in [0.25, 0.3) is 0 Å². The summed E-state index contributed by atoms with van der Waals surface area (Å²) in [4.78, 5) is 22.0. The van der Waals surface area contributed by atoms with Crippen molar-refractivity contribution in [3.63, 3.8) is 0 Å². The molecule has 0 bridgehead atoms. The molecule has 0 saturated heterocycles. The second kappa shape index (κ2) is 8.01. The van der Waals surface area contributed by atoms with Crippen LogP contribution in [0.1, 0.15) is 15.9 Å². The molecule has 0 radical (unpaired) electrons. The Balaban J connectivity index is 1.87. The molecule has 0 aliphatic rings. The number of aromatic carboxylic acids is 1. The number of benzene rings is 3. The summed E-state index contributed by atoms with van der Waals surface area (Å²) < 4.78 is 11.2. The van der Waals surface area contributed by atoms with E-state index in [0.29, 0.717) is 0 Å². The zero-order valence-electron chi connectivity index (χ0n) is 14.1. The number of hydrogen-bond acceptors (Lipinski definition) is 5. The highest BCUT2D eigenvalue weighted by Gasteiger charge is 2.17. The molecular formula is C20H15NO6. The van der Waals surface area contributed by atoms with Crippen molar-refractivity contribution in [1.82, 2.24) is 0 Å². The van der Waals surface area contributed by atoms with Crippen molar-refractivity contribution >= 4 is 11.7 Å². The number of ether oxygens (including phenoxy) is 2. The van der Waals surface area contributed by atoms with Crippen LogP contribution in [-0.4, -0.2) is 16.0 Å². The van der Waals surface area contributed by atoms with Gasteiger partial charge in [-0.25, -0.2) is 4.79 Å². The molecule has 27 heavy (non-hydrogen) atoms. The van der Waals surface area contributed by atoms with E-state index >= 15 is 0 Å². The van der Waals surface area contributed by atoms with Crippen LogP contribution in [0.25, 0.3) is 0 Å². The Morgan fingerprint density at radius 1 is 0.963 bits per heavy atom. The molecule has 0 aliphatic carbocycles. The lowest BCUT2D eigenvalue weighted by molar-refractivity contribution is -0.385. The van der Waals surface area contributed by atoms with Gasteiger partial charge in [-0.3, -0.25) is 10.1 Å². The van der Waals surface area contributed by atoms with E-state index in [9.17, 15) is 20.0 Å². The lowest BCUT2D eigenvalue weighted by Gasteiger charge is -2.12. The van der Waals surface area contributed by atoms with E-state index in [4.69, 9.17) is 9.47 Å². The van der Waals surface area contributed by atoms with Crippen molar-refractivity contribution in [2.45, 2.75) is 6.61 Å². The Labute approximate surface area is 154 Å². The minimum Gasteiger partial charge on any atom is -0.488 e. The van der Waals surface area contributed by atoms with Gasteiger partial charge in [0.1, 0.15) is 23.7 Å². The number of nitrogens with zero attached hydrogens (tertiary/aromatic N) is 1. The first-order valence-electron chi connectivity index (χ1n) is 8.00. The van der Waals surface area contributed by atoms with E-state index in [0.717, 1.165) is 5.56 Å². The van der Waals surface area contributed by atoms with Crippen LogP contribution in [0.15, 0.2) is 72.8 Å². The van der Waals surface area contributed by atoms with Gasteiger partial charge in [0.15, 0.2) is 0 Å². The summed E-state index contributed by atoms with van der Waals surface area (Å²) in [6.07, 6.45) is 0. The van der Waals surface area contributed by atoms with E-state index in [-0.39, 0.29) is 35.1 Å². The average Bonchev–Trinajstić information content (AvgIpc) is 2.67. The minimum absolute atomic E-state index is 0.0270. The smallest absolute Gasteiger partial charge is 0.339 e. The van der Waals surface area contributed by atoms with Gasteiger partial charge in [-0.2, -0.15) is 0 Å². The van der Waals surface area contributed by atoms with Crippen LogP contribution in [0.2, 0.25) is 0 Å². The van der Waals surface area contributed by atoms with Gasteiger partial charge in [-0.1, -0.05) is 42.5 Å². The molecule has 7 nitrogen and oxygen atoms in total. The minimum atomic E-state index is -1.14. The molecule has 0 aromatic heterocycles. The predicted octanol–water partition coefficient (Wildman–Crippen LogP) is 4.66. The van der Waals surface area contributed by atoms with Gasteiger partial charge in [0, 0.05) is 12.1 Å². The third-order valence-electron chi connectivity index (χ3n) is 3.71. The van der Waals surface area contributed by atoms with Gasteiger partial charge in [0.05, 0.1) is 4.92 Å². The molecule has 0 amide bonds. The second-order valence-electron chi connectivity index (χ2n) is 5.56. The van der Waals surface area contributed by atoms with Crippen molar-refractivity contribution in [3.8, 4) is 17.2 Å². The predicted molar refractivity (Wildman–Crippen MR) is 97.3 cm³/mol. The molecule has 7 heteroatoms. The second-order valence-corrected chi connectivity index (χ2v) is 5.56. The van der Waals surface area contributed by atoms with Crippen molar-refractivity contribution < 1.29 is 24.3 Å². The number of carbonyl (C=O) groups is 1. The van der Waals surface area contributed by atoms with Crippen LogP contribution in [0.3, 0.4) is 0 Å². The molecule has 136 valence electrons. The highest BCUT2D eigenvalue weighted by molar-refractivity contribution is 5.91. The molecule has 1 N–H and O–H groups in total. The van der Waals surface area contributed by atoms with Crippen LogP contribution in [0, 0.1) is 10.1 Å². The average molecular weight is 365 g/mol. The molecule has 0 saturated carbocycles. The quantitative estimate of drug-likeness (QED) is 0.483. The molecule has 0 fully saturated rings. The Hall–Kier alpha value is -3.87. The maximum Gasteiger partial charge on any atom is 0.339 e. The molecule has 0 heterocycles. The number of nitro groups is 1. The largest absolute Gasteiger partial charge is 0.488 e. The molecule has 3 aromatic rings. The normalized spacial score (nSPS) is 10.2. The number of para-hydroxylation sites is 2. The number of carboxylic acid groups (broad SMARTS) is 1. The monoisotopic (exact) mass is 365 g/mol. The number of hydrogen-bond donors (Lipinski definition) is 1. The first kappa shape index (κ1) is 17.9. The highest BCUT2D eigenvalue weighted by Crippen LogP contribution is 2.33. The zero-order valence-corrected chi connectivity index (χ0v) is 14.1. The van der Waals surface area contributed by atoms with Crippen molar-refractivity contribution in [1.29, 1.82) is 0 Å². The number of rotatable bonds is 7. The van der Waals surface area contributed by atoms with Gasteiger partial charge < -0.3 is 14.6 Å². The maximum absolute atomic E-state index is 11.4. The van der Waals surface area contributed by atoms with E-state index in [2.05, 4.69) is 0 Å². The fraction of sp³-hybridized carbons (Fsp3) is 0.0500. The summed E-state index contributed by atoms with van der Waals surface area (Å²) in [7, 11) is 0. The van der Waals surface area contributed by atoms with Crippen LogP contribution in [0.5, 0.6) is 17.2 Å². The highest BCUT2D eigenvalue weighted by atomic mass is 16.6. The first-order chi connectivity index (χ1) is 13.0. The summed E-state index contributed by atoms with van der Waals surface area (Å²) in [5, 5.41) is 20.5. The van der Waals surface area contributed by atoms with E-state index in [1.165, 1.54) is 36.4 Å². The molecule has 0 unspecified atom stereocenters. The SMILES string of the molecule is O=C(O)c1ccc(Oc2ccccc2[N+](=O)[O-])cc1OCc1ccccc1.